The maximum absolute atomic E-state index is 12.1. The van der Waals surface area contributed by atoms with Gasteiger partial charge in [0.25, 0.3) is 5.91 Å². The molecule has 21 heavy (non-hydrogen) atoms. The van der Waals surface area contributed by atoms with Gasteiger partial charge in [0.1, 0.15) is 10.6 Å². The number of nitrogens with zero attached hydrogens (tertiary/aromatic N) is 1. The Bertz CT molecular complexity index is 551. The highest BCUT2D eigenvalue weighted by atomic mass is 32.1. The van der Waals surface area contributed by atoms with E-state index in [-0.39, 0.29) is 23.7 Å². The molecule has 2 aliphatic carbocycles. The van der Waals surface area contributed by atoms with Crippen molar-refractivity contribution in [3.8, 4) is 0 Å². The summed E-state index contributed by atoms with van der Waals surface area (Å²) in [5.74, 6) is 0.0863. The molecule has 5 N–H and O–H groups in total. The van der Waals surface area contributed by atoms with E-state index in [9.17, 15) is 9.59 Å². The minimum atomic E-state index is -0.186. The van der Waals surface area contributed by atoms with Gasteiger partial charge in [0.15, 0.2) is 5.82 Å². The number of carbonyl (C=O) groups excluding carboxylic acids is 2. The second-order valence-corrected chi connectivity index (χ2v) is 6.31. The topological polar surface area (TPSA) is 109 Å². The van der Waals surface area contributed by atoms with Crippen LogP contribution in [0, 0.1) is 0 Å². The van der Waals surface area contributed by atoms with E-state index in [2.05, 4.69) is 20.3 Å². The number of nitrogens with two attached hydrogens (primary N) is 1. The minimum Gasteiger partial charge on any atom is -0.382 e. The molecule has 0 aromatic carbocycles. The van der Waals surface area contributed by atoms with Gasteiger partial charge in [-0.05, 0) is 37.2 Å². The van der Waals surface area contributed by atoms with Crippen molar-refractivity contribution in [2.75, 3.05) is 17.6 Å². The van der Waals surface area contributed by atoms with Gasteiger partial charge >= 0.3 is 0 Å². The summed E-state index contributed by atoms with van der Waals surface area (Å²) in [5, 5.41) is 9.54. The molecule has 0 aliphatic heterocycles. The number of nitrogen functional groups attached to an aromatic ring is 1. The Labute approximate surface area is 126 Å². The zero-order valence-electron chi connectivity index (χ0n) is 11.6. The van der Waals surface area contributed by atoms with E-state index in [1.165, 1.54) is 0 Å². The number of hydrogen-bond donors (Lipinski definition) is 4. The van der Waals surface area contributed by atoms with Gasteiger partial charge in [0.2, 0.25) is 5.91 Å². The van der Waals surface area contributed by atoms with Gasteiger partial charge < -0.3 is 21.7 Å². The van der Waals surface area contributed by atoms with Gasteiger partial charge in [-0.25, -0.2) is 0 Å². The first-order valence-corrected chi connectivity index (χ1v) is 8.00. The lowest BCUT2D eigenvalue weighted by Gasteiger charge is -2.08. The summed E-state index contributed by atoms with van der Waals surface area (Å²) in [6.45, 7) is 0.462. The van der Waals surface area contributed by atoms with Gasteiger partial charge in [-0.2, -0.15) is 4.37 Å². The van der Waals surface area contributed by atoms with Crippen LogP contribution in [0.3, 0.4) is 0 Å². The van der Waals surface area contributed by atoms with E-state index in [0.717, 1.165) is 37.2 Å². The van der Waals surface area contributed by atoms with Crippen LogP contribution >= 0.6 is 11.5 Å². The maximum Gasteiger partial charge on any atom is 0.258 e. The van der Waals surface area contributed by atoms with Crippen LogP contribution in [-0.2, 0) is 4.79 Å². The second kappa shape index (κ2) is 5.88. The van der Waals surface area contributed by atoms with E-state index < -0.39 is 0 Å². The van der Waals surface area contributed by atoms with Crippen LogP contribution in [0.1, 0.15) is 42.5 Å². The molecule has 0 saturated heterocycles. The molecule has 0 spiro atoms. The Kier molecular flexibility index (Phi) is 3.96. The second-order valence-electron chi connectivity index (χ2n) is 5.54. The Balaban J connectivity index is 1.51. The summed E-state index contributed by atoms with van der Waals surface area (Å²) < 4.78 is 4.02. The fourth-order valence-corrected chi connectivity index (χ4v) is 2.68. The predicted molar refractivity (Wildman–Crippen MR) is 81.3 cm³/mol. The van der Waals surface area contributed by atoms with E-state index in [0.29, 0.717) is 29.6 Å². The Morgan fingerprint density at radius 3 is 2.52 bits per heavy atom. The zero-order chi connectivity index (χ0) is 14.8. The summed E-state index contributed by atoms with van der Waals surface area (Å²) in [6, 6.07) is 0.644. The highest BCUT2D eigenvalue weighted by molar-refractivity contribution is 7.11. The van der Waals surface area contributed by atoms with Crippen molar-refractivity contribution in [3.05, 3.63) is 5.56 Å². The van der Waals surface area contributed by atoms with E-state index in [4.69, 9.17) is 5.73 Å². The lowest BCUT2D eigenvalue weighted by molar-refractivity contribution is -0.120. The minimum absolute atomic E-state index is 0.0338. The first-order chi connectivity index (χ1) is 10.1. The molecule has 2 fully saturated rings. The van der Waals surface area contributed by atoms with Crippen LogP contribution in [0.4, 0.5) is 10.8 Å². The van der Waals surface area contributed by atoms with Crippen molar-refractivity contribution < 1.29 is 9.59 Å². The standard InChI is InChI=1S/C13H19N5O2S/c14-11-10(12(20)17-8-3-4-8)13(21-18-11)15-6-5-9(19)16-7-1-2-7/h7-8,15H,1-6H2,(H2,14,18)(H,16,19)(H,17,20). The third-order valence-corrected chi connectivity index (χ3v) is 4.26. The number of rotatable bonds is 7. The molecule has 0 bridgehead atoms. The van der Waals surface area contributed by atoms with Gasteiger partial charge in [-0.1, -0.05) is 0 Å². The number of amides is 2. The van der Waals surface area contributed by atoms with Crippen molar-refractivity contribution in [3.63, 3.8) is 0 Å². The van der Waals surface area contributed by atoms with Crippen molar-refractivity contribution >= 4 is 34.2 Å². The monoisotopic (exact) mass is 309 g/mol. The number of aromatic nitrogens is 1. The SMILES string of the molecule is Nc1nsc(NCCC(=O)NC2CC2)c1C(=O)NC1CC1. The smallest absolute Gasteiger partial charge is 0.258 e. The summed E-state index contributed by atoms with van der Waals surface area (Å²) in [5.41, 5.74) is 6.16. The van der Waals surface area contributed by atoms with E-state index in [1.54, 1.807) is 0 Å². The number of hydrogen-bond acceptors (Lipinski definition) is 6. The first kappa shape index (κ1) is 14.1. The van der Waals surface area contributed by atoms with E-state index in [1.807, 2.05) is 0 Å². The van der Waals surface area contributed by atoms with Gasteiger partial charge in [-0.15, -0.1) is 0 Å². The number of nitrogens with one attached hydrogen (secondary N) is 3. The van der Waals surface area contributed by atoms with Crippen LogP contribution in [0.15, 0.2) is 0 Å². The molecule has 2 saturated carbocycles. The van der Waals surface area contributed by atoms with Crippen LogP contribution in [0.5, 0.6) is 0 Å². The summed E-state index contributed by atoms with van der Waals surface area (Å²) >= 11 is 1.15. The third kappa shape index (κ3) is 3.84. The molecule has 0 unspecified atom stereocenters. The lowest BCUT2D eigenvalue weighted by Crippen LogP contribution is -2.28. The predicted octanol–water partition coefficient (Wildman–Crippen LogP) is 0.698. The molecule has 2 aliphatic rings. The molecule has 0 atom stereocenters. The summed E-state index contributed by atoms with van der Waals surface area (Å²) in [6.07, 6.45) is 4.57. The molecule has 8 heteroatoms. The lowest BCUT2D eigenvalue weighted by atomic mass is 10.2. The van der Waals surface area contributed by atoms with Crippen LogP contribution < -0.4 is 21.7 Å². The molecule has 2 amide bonds. The average molecular weight is 309 g/mol. The average Bonchev–Trinajstić information content (AvgIpc) is 3.33. The molecule has 1 heterocycles. The highest BCUT2D eigenvalue weighted by Crippen LogP contribution is 2.28. The van der Waals surface area contributed by atoms with Crippen molar-refractivity contribution in [2.45, 2.75) is 44.2 Å². The van der Waals surface area contributed by atoms with Gasteiger partial charge in [0.05, 0.1) is 0 Å². The van der Waals surface area contributed by atoms with Gasteiger partial charge in [0, 0.05) is 25.0 Å². The zero-order valence-corrected chi connectivity index (χ0v) is 12.5. The number of anilines is 2. The fraction of sp³-hybridized carbons (Fsp3) is 0.615. The Morgan fingerprint density at radius 2 is 1.86 bits per heavy atom. The van der Waals surface area contributed by atoms with Crippen LogP contribution in [0.25, 0.3) is 0 Å². The molecular weight excluding hydrogens is 290 g/mol. The normalized spacial score (nSPS) is 17.3. The third-order valence-electron chi connectivity index (χ3n) is 3.44. The van der Waals surface area contributed by atoms with Crippen LogP contribution in [0.2, 0.25) is 0 Å². The summed E-state index contributed by atoms with van der Waals surface area (Å²) in [4.78, 5) is 23.7. The maximum atomic E-state index is 12.1. The number of carbonyl (C=O) groups is 2. The molecule has 3 rings (SSSR count). The molecule has 1 aromatic rings. The summed E-state index contributed by atoms with van der Waals surface area (Å²) in [7, 11) is 0. The molecule has 0 radical (unpaired) electrons. The van der Waals surface area contributed by atoms with Crippen LogP contribution in [-0.4, -0.2) is 34.8 Å². The molecule has 1 aromatic heterocycles. The van der Waals surface area contributed by atoms with Crippen molar-refractivity contribution in [1.29, 1.82) is 0 Å². The van der Waals surface area contributed by atoms with E-state index >= 15 is 0 Å². The first-order valence-electron chi connectivity index (χ1n) is 7.22. The van der Waals surface area contributed by atoms with Gasteiger partial charge in [-0.3, -0.25) is 9.59 Å². The molecule has 7 nitrogen and oxygen atoms in total. The molecule has 114 valence electrons. The van der Waals surface area contributed by atoms with Crippen molar-refractivity contribution in [1.82, 2.24) is 15.0 Å². The molecular formula is C13H19N5O2S. The van der Waals surface area contributed by atoms with Crippen molar-refractivity contribution in [2.24, 2.45) is 0 Å². The fourth-order valence-electron chi connectivity index (χ4n) is 1.94. The highest BCUT2D eigenvalue weighted by Gasteiger charge is 2.27. The Hall–Kier alpha value is -1.83. The Morgan fingerprint density at radius 1 is 1.19 bits per heavy atom. The quantitative estimate of drug-likeness (QED) is 0.593. The largest absolute Gasteiger partial charge is 0.382 e.